The minimum Gasteiger partial charge on any atom is -0.506 e. The zero-order chi connectivity index (χ0) is 15.4. The van der Waals surface area contributed by atoms with Crippen LogP contribution in [0.25, 0.3) is 0 Å². The van der Waals surface area contributed by atoms with Crippen LogP contribution in [0.15, 0.2) is 21.1 Å². The molecule has 118 valence electrons. The third-order valence-electron chi connectivity index (χ3n) is 4.03. The highest BCUT2D eigenvalue weighted by Gasteiger charge is 2.25. The first kappa shape index (κ1) is 17.3. The van der Waals surface area contributed by atoms with E-state index in [9.17, 15) is 5.11 Å². The van der Waals surface area contributed by atoms with Crippen LogP contribution in [0.4, 0.5) is 0 Å². The minimum atomic E-state index is 0.281. The number of hydrogen-bond donors (Lipinski definition) is 2. The highest BCUT2D eigenvalue weighted by molar-refractivity contribution is 9.11. The van der Waals surface area contributed by atoms with Gasteiger partial charge in [0.1, 0.15) is 5.75 Å². The van der Waals surface area contributed by atoms with Crippen molar-refractivity contribution in [1.29, 1.82) is 0 Å². The van der Waals surface area contributed by atoms with Crippen LogP contribution in [0, 0.1) is 5.92 Å². The molecule has 1 aromatic carbocycles. The Kier molecular flexibility index (Phi) is 6.53. The Balaban J connectivity index is 2.29. The molecular formula is C16H24Br2N2O. The Morgan fingerprint density at radius 3 is 2.48 bits per heavy atom. The standard InChI is InChI=1S/C16H24Br2N2O/c1-11(2)3-4-15(20-7-5-19-6-8-20)13-9-12(17)10-14(18)16(13)21/h9-11,15,19,21H,3-8H2,1-2H3/t15-/m0/s1. The number of rotatable bonds is 5. The summed E-state index contributed by atoms with van der Waals surface area (Å²) in [7, 11) is 0. The molecule has 0 amide bonds. The quantitative estimate of drug-likeness (QED) is 0.746. The normalized spacial score (nSPS) is 18.1. The number of nitrogens with one attached hydrogen (secondary N) is 1. The molecule has 5 heteroatoms. The highest BCUT2D eigenvalue weighted by Crippen LogP contribution is 2.39. The van der Waals surface area contributed by atoms with Gasteiger partial charge in [-0.15, -0.1) is 0 Å². The van der Waals surface area contributed by atoms with Gasteiger partial charge in [-0.2, -0.15) is 0 Å². The van der Waals surface area contributed by atoms with Gasteiger partial charge in [0.25, 0.3) is 0 Å². The molecule has 1 aromatic rings. The van der Waals surface area contributed by atoms with Gasteiger partial charge in [-0.3, -0.25) is 4.90 Å². The fourth-order valence-electron chi connectivity index (χ4n) is 2.86. The summed E-state index contributed by atoms with van der Waals surface area (Å²) in [5, 5.41) is 13.9. The molecule has 1 fully saturated rings. The number of aromatic hydroxyl groups is 1. The van der Waals surface area contributed by atoms with Crippen molar-refractivity contribution >= 4 is 31.9 Å². The summed E-state index contributed by atoms with van der Waals surface area (Å²) >= 11 is 7.01. The van der Waals surface area contributed by atoms with Crippen molar-refractivity contribution in [2.75, 3.05) is 26.2 Å². The van der Waals surface area contributed by atoms with Crippen molar-refractivity contribution in [1.82, 2.24) is 10.2 Å². The second-order valence-corrected chi connectivity index (χ2v) is 7.87. The number of phenols is 1. The summed E-state index contributed by atoms with van der Waals surface area (Å²) in [5.74, 6) is 1.05. The molecule has 3 nitrogen and oxygen atoms in total. The molecule has 2 rings (SSSR count). The Morgan fingerprint density at radius 2 is 1.86 bits per heavy atom. The second-order valence-electron chi connectivity index (χ2n) is 6.10. The monoisotopic (exact) mass is 418 g/mol. The number of phenolic OH excluding ortho intramolecular Hbond substituents is 1. The second kappa shape index (κ2) is 7.95. The van der Waals surface area contributed by atoms with Crippen molar-refractivity contribution in [2.24, 2.45) is 5.92 Å². The third-order valence-corrected chi connectivity index (χ3v) is 5.09. The fraction of sp³-hybridized carbons (Fsp3) is 0.625. The summed E-state index contributed by atoms with van der Waals surface area (Å²) in [6, 6.07) is 4.24. The molecule has 1 aliphatic rings. The van der Waals surface area contributed by atoms with Crippen LogP contribution in [0.3, 0.4) is 0 Å². The molecule has 0 bridgehead atoms. The molecule has 0 saturated carbocycles. The van der Waals surface area contributed by atoms with Crippen LogP contribution in [0.2, 0.25) is 0 Å². The van der Waals surface area contributed by atoms with Gasteiger partial charge in [-0.05, 0) is 46.8 Å². The van der Waals surface area contributed by atoms with Crippen molar-refractivity contribution in [3.63, 3.8) is 0 Å². The molecule has 1 atom stereocenters. The summed E-state index contributed by atoms with van der Waals surface area (Å²) in [4.78, 5) is 2.49. The van der Waals surface area contributed by atoms with Gasteiger partial charge >= 0.3 is 0 Å². The van der Waals surface area contributed by atoms with E-state index in [2.05, 4.69) is 62.0 Å². The predicted molar refractivity (Wildman–Crippen MR) is 94.8 cm³/mol. The van der Waals surface area contributed by atoms with E-state index in [1.807, 2.05) is 6.07 Å². The summed E-state index contributed by atoms with van der Waals surface area (Å²) in [5.41, 5.74) is 1.03. The topological polar surface area (TPSA) is 35.5 Å². The number of halogens is 2. The van der Waals surface area contributed by atoms with Gasteiger partial charge < -0.3 is 10.4 Å². The van der Waals surface area contributed by atoms with E-state index in [4.69, 9.17) is 0 Å². The maximum absolute atomic E-state index is 10.5. The minimum absolute atomic E-state index is 0.281. The van der Waals surface area contributed by atoms with E-state index in [-0.39, 0.29) is 6.04 Å². The van der Waals surface area contributed by atoms with E-state index in [1.54, 1.807) is 0 Å². The molecule has 1 heterocycles. The Morgan fingerprint density at radius 1 is 1.19 bits per heavy atom. The van der Waals surface area contributed by atoms with E-state index in [0.29, 0.717) is 11.7 Å². The summed E-state index contributed by atoms with van der Waals surface area (Å²) in [6.07, 6.45) is 2.24. The van der Waals surface area contributed by atoms with E-state index in [0.717, 1.165) is 53.5 Å². The SMILES string of the molecule is CC(C)CC[C@@H](c1cc(Br)cc(Br)c1O)N1CCNCC1. The lowest BCUT2D eigenvalue weighted by Gasteiger charge is -2.36. The number of piperazine rings is 1. The largest absolute Gasteiger partial charge is 0.506 e. The molecule has 0 aliphatic carbocycles. The van der Waals surface area contributed by atoms with Gasteiger partial charge in [0.05, 0.1) is 4.47 Å². The van der Waals surface area contributed by atoms with Crippen LogP contribution >= 0.6 is 31.9 Å². The van der Waals surface area contributed by atoms with Gasteiger partial charge in [0, 0.05) is 42.3 Å². The van der Waals surface area contributed by atoms with E-state index >= 15 is 0 Å². The average Bonchev–Trinajstić information content (AvgIpc) is 2.45. The molecular weight excluding hydrogens is 396 g/mol. The van der Waals surface area contributed by atoms with Gasteiger partial charge in [-0.25, -0.2) is 0 Å². The van der Waals surface area contributed by atoms with Gasteiger partial charge in [-0.1, -0.05) is 29.8 Å². The van der Waals surface area contributed by atoms with Crippen molar-refractivity contribution < 1.29 is 5.11 Å². The maximum Gasteiger partial charge on any atom is 0.134 e. The summed E-state index contributed by atoms with van der Waals surface area (Å²) < 4.78 is 1.77. The molecule has 1 aliphatic heterocycles. The van der Waals surface area contributed by atoms with Crippen LogP contribution in [-0.2, 0) is 0 Å². The number of nitrogens with zero attached hydrogens (tertiary/aromatic N) is 1. The first-order valence-electron chi connectivity index (χ1n) is 7.61. The van der Waals surface area contributed by atoms with Crippen molar-refractivity contribution in [2.45, 2.75) is 32.7 Å². The third kappa shape index (κ3) is 4.68. The number of hydrogen-bond acceptors (Lipinski definition) is 3. The smallest absolute Gasteiger partial charge is 0.134 e. The van der Waals surface area contributed by atoms with Crippen LogP contribution in [0.5, 0.6) is 5.75 Å². The van der Waals surface area contributed by atoms with E-state index < -0.39 is 0 Å². The highest BCUT2D eigenvalue weighted by atomic mass is 79.9. The van der Waals surface area contributed by atoms with Gasteiger partial charge in [0.2, 0.25) is 0 Å². The zero-order valence-corrected chi connectivity index (χ0v) is 15.9. The first-order valence-corrected chi connectivity index (χ1v) is 9.20. The average molecular weight is 420 g/mol. The maximum atomic E-state index is 10.5. The predicted octanol–water partition coefficient (Wildman–Crippen LogP) is 4.30. The van der Waals surface area contributed by atoms with Crippen LogP contribution in [0.1, 0.15) is 38.3 Å². The Bertz CT molecular complexity index is 474. The molecule has 0 spiro atoms. The van der Waals surface area contributed by atoms with Crippen molar-refractivity contribution in [3.8, 4) is 5.75 Å². The lowest BCUT2D eigenvalue weighted by atomic mass is 9.95. The summed E-state index contributed by atoms with van der Waals surface area (Å²) in [6.45, 7) is 8.62. The Hall–Kier alpha value is -0.100. The lowest BCUT2D eigenvalue weighted by Crippen LogP contribution is -2.45. The Labute approximate surface area is 144 Å². The zero-order valence-electron chi connectivity index (χ0n) is 12.7. The van der Waals surface area contributed by atoms with E-state index in [1.165, 1.54) is 0 Å². The molecule has 1 saturated heterocycles. The molecule has 21 heavy (non-hydrogen) atoms. The van der Waals surface area contributed by atoms with Gasteiger partial charge in [0.15, 0.2) is 0 Å². The molecule has 0 aromatic heterocycles. The van der Waals surface area contributed by atoms with Crippen LogP contribution < -0.4 is 5.32 Å². The molecule has 0 radical (unpaired) electrons. The van der Waals surface area contributed by atoms with Crippen LogP contribution in [-0.4, -0.2) is 36.2 Å². The fourth-order valence-corrected chi connectivity index (χ4v) is 4.12. The molecule has 0 unspecified atom stereocenters. The number of benzene rings is 1. The first-order chi connectivity index (χ1) is 9.99. The molecule has 2 N–H and O–H groups in total. The van der Waals surface area contributed by atoms with Crippen molar-refractivity contribution in [3.05, 3.63) is 26.6 Å². The lowest BCUT2D eigenvalue weighted by molar-refractivity contribution is 0.157.